The van der Waals surface area contributed by atoms with Crippen LogP contribution >= 0.6 is 0 Å². The van der Waals surface area contributed by atoms with Gasteiger partial charge in [-0.15, -0.1) is 0 Å². The standard InChI is InChI=1S/C15H16N2O3/c18-13-4-2-1-3-9(13)8-14-16-11-6-5-10(15(19)20)7-12(11)17-14/h1-4,10,18H,5-8H2,(H,16,17)(H,19,20). The molecule has 0 amide bonds. The van der Waals surface area contributed by atoms with Gasteiger partial charge in [-0.05, 0) is 18.9 Å². The van der Waals surface area contributed by atoms with E-state index in [1.165, 1.54) is 0 Å². The van der Waals surface area contributed by atoms with Gasteiger partial charge in [0.1, 0.15) is 11.6 Å². The van der Waals surface area contributed by atoms with Gasteiger partial charge in [-0.1, -0.05) is 18.2 Å². The van der Waals surface area contributed by atoms with Crippen LogP contribution in [0.15, 0.2) is 24.3 Å². The molecule has 1 unspecified atom stereocenters. The highest BCUT2D eigenvalue weighted by molar-refractivity contribution is 5.70. The van der Waals surface area contributed by atoms with E-state index in [9.17, 15) is 9.90 Å². The Morgan fingerprint density at radius 2 is 2.20 bits per heavy atom. The number of rotatable bonds is 3. The van der Waals surface area contributed by atoms with E-state index in [2.05, 4.69) is 9.97 Å². The maximum absolute atomic E-state index is 11.0. The number of nitrogens with zero attached hydrogens (tertiary/aromatic N) is 1. The van der Waals surface area contributed by atoms with Crippen molar-refractivity contribution in [1.29, 1.82) is 0 Å². The first kappa shape index (κ1) is 12.7. The summed E-state index contributed by atoms with van der Waals surface area (Å²) in [6.45, 7) is 0. The van der Waals surface area contributed by atoms with Crippen molar-refractivity contribution in [2.75, 3.05) is 0 Å². The molecule has 1 heterocycles. The average Bonchev–Trinajstić information content (AvgIpc) is 2.82. The largest absolute Gasteiger partial charge is 0.508 e. The van der Waals surface area contributed by atoms with Crippen LogP contribution < -0.4 is 0 Å². The van der Waals surface area contributed by atoms with Crippen LogP contribution in [0, 0.1) is 5.92 Å². The van der Waals surface area contributed by atoms with Crippen LogP contribution in [0.3, 0.4) is 0 Å². The topological polar surface area (TPSA) is 86.2 Å². The van der Waals surface area contributed by atoms with Crippen molar-refractivity contribution in [2.45, 2.75) is 25.7 Å². The molecule has 0 bridgehead atoms. The number of para-hydroxylation sites is 1. The smallest absolute Gasteiger partial charge is 0.306 e. The quantitative estimate of drug-likeness (QED) is 0.796. The number of aliphatic carboxylic acids is 1. The number of nitrogens with one attached hydrogen (secondary N) is 1. The van der Waals surface area contributed by atoms with Gasteiger partial charge in [-0.2, -0.15) is 0 Å². The number of aromatic hydroxyl groups is 1. The Morgan fingerprint density at radius 1 is 1.40 bits per heavy atom. The molecule has 1 atom stereocenters. The second-order valence-electron chi connectivity index (χ2n) is 5.19. The monoisotopic (exact) mass is 272 g/mol. The minimum absolute atomic E-state index is 0.255. The Balaban J connectivity index is 1.81. The minimum atomic E-state index is -0.743. The lowest BCUT2D eigenvalue weighted by molar-refractivity contribution is -0.142. The molecule has 104 valence electrons. The van der Waals surface area contributed by atoms with Gasteiger partial charge >= 0.3 is 5.97 Å². The van der Waals surface area contributed by atoms with E-state index in [-0.39, 0.29) is 11.7 Å². The lowest BCUT2D eigenvalue weighted by atomic mass is 9.90. The summed E-state index contributed by atoms with van der Waals surface area (Å²) in [4.78, 5) is 18.8. The number of benzene rings is 1. The Bertz CT molecular complexity index is 648. The van der Waals surface area contributed by atoms with E-state index in [1.54, 1.807) is 12.1 Å². The molecular weight excluding hydrogens is 256 g/mol. The van der Waals surface area contributed by atoms with Crippen LogP contribution in [0.5, 0.6) is 5.75 Å². The van der Waals surface area contributed by atoms with Crippen LogP contribution in [0.1, 0.15) is 29.2 Å². The number of carbonyl (C=O) groups is 1. The molecule has 3 rings (SSSR count). The summed E-state index contributed by atoms with van der Waals surface area (Å²) in [5, 5.41) is 18.8. The molecule has 1 aromatic heterocycles. The number of aryl methyl sites for hydroxylation is 1. The summed E-state index contributed by atoms with van der Waals surface area (Å²) in [5.41, 5.74) is 2.70. The van der Waals surface area contributed by atoms with Gasteiger partial charge in [0, 0.05) is 24.1 Å². The summed E-state index contributed by atoms with van der Waals surface area (Å²) in [7, 11) is 0. The van der Waals surface area contributed by atoms with Crippen LogP contribution in [-0.4, -0.2) is 26.2 Å². The Hall–Kier alpha value is -2.30. The molecule has 0 saturated heterocycles. The number of carboxylic acids is 1. The number of imidazole rings is 1. The number of aromatic amines is 1. The van der Waals surface area contributed by atoms with E-state index in [0.717, 1.165) is 22.8 Å². The summed E-state index contributed by atoms with van der Waals surface area (Å²) < 4.78 is 0. The Labute approximate surface area is 116 Å². The van der Waals surface area contributed by atoms with Crippen LogP contribution in [-0.2, 0) is 24.1 Å². The van der Waals surface area contributed by atoms with Crippen molar-refractivity contribution in [3.63, 3.8) is 0 Å². The summed E-state index contributed by atoms with van der Waals surface area (Å²) in [5.74, 6) is -0.0266. The van der Waals surface area contributed by atoms with E-state index >= 15 is 0 Å². The third kappa shape index (κ3) is 2.39. The van der Waals surface area contributed by atoms with Gasteiger partial charge in [0.2, 0.25) is 0 Å². The molecule has 20 heavy (non-hydrogen) atoms. The molecule has 0 saturated carbocycles. The minimum Gasteiger partial charge on any atom is -0.508 e. The van der Waals surface area contributed by atoms with Gasteiger partial charge in [-0.3, -0.25) is 4.79 Å². The van der Waals surface area contributed by atoms with Crippen molar-refractivity contribution in [2.24, 2.45) is 5.92 Å². The average molecular weight is 272 g/mol. The van der Waals surface area contributed by atoms with Gasteiger partial charge < -0.3 is 15.2 Å². The first-order valence-corrected chi connectivity index (χ1v) is 6.70. The molecule has 5 heteroatoms. The second-order valence-corrected chi connectivity index (χ2v) is 5.19. The first-order chi connectivity index (χ1) is 9.63. The fraction of sp³-hybridized carbons (Fsp3) is 0.333. The van der Waals surface area contributed by atoms with E-state index < -0.39 is 5.97 Å². The lowest BCUT2D eigenvalue weighted by Gasteiger charge is -2.16. The SMILES string of the molecule is O=C(O)C1CCc2nc(Cc3ccccc3O)[nH]c2C1. The number of hydrogen-bond acceptors (Lipinski definition) is 3. The zero-order valence-corrected chi connectivity index (χ0v) is 11.0. The second kappa shape index (κ2) is 5.00. The molecule has 3 N–H and O–H groups in total. The molecule has 0 spiro atoms. The predicted octanol–water partition coefficient (Wildman–Crippen LogP) is 1.90. The Kier molecular flexibility index (Phi) is 3.18. The fourth-order valence-corrected chi connectivity index (χ4v) is 2.67. The van der Waals surface area contributed by atoms with Crippen LogP contribution in [0.4, 0.5) is 0 Å². The molecule has 0 fully saturated rings. The molecule has 0 aliphatic heterocycles. The first-order valence-electron chi connectivity index (χ1n) is 6.70. The Morgan fingerprint density at radius 3 is 2.95 bits per heavy atom. The number of H-pyrrole nitrogens is 1. The van der Waals surface area contributed by atoms with Crippen molar-refractivity contribution in [1.82, 2.24) is 9.97 Å². The highest BCUT2D eigenvalue weighted by Gasteiger charge is 2.26. The predicted molar refractivity (Wildman–Crippen MR) is 72.7 cm³/mol. The number of fused-ring (bicyclic) bond motifs is 1. The molecule has 1 aromatic carbocycles. The number of hydrogen-bond donors (Lipinski definition) is 3. The molecule has 1 aliphatic carbocycles. The van der Waals surface area contributed by atoms with Crippen molar-refractivity contribution < 1.29 is 15.0 Å². The molecule has 5 nitrogen and oxygen atoms in total. The third-order valence-corrected chi connectivity index (χ3v) is 3.79. The highest BCUT2D eigenvalue weighted by atomic mass is 16.4. The maximum Gasteiger partial charge on any atom is 0.306 e. The van der Waals surface area contributed by atoms with Gasteiger partial charge in [0.05, 0.1) is 11.6 Å². The maximum atomic E-state index is 11.0. The van der Waals surface area contributed by atoms with Crippen molar-refractivity contribution in [3.05, 3.63) is 47.0 Å². The highest BCUT2D eigenvalue weighted by Crippen LogP contribution is 2.25. The van der Waals surface area contributed by atoms with E-state index in [0.29, 0.717) is 25.7 Å². The number of carboxylic acid groups (broad SMARTS) is 1. The van der Waals surface area contributed by atoms with Gasteiger partial charge in [0.25, 0.3) is 0 Å². The fourth-order valence-electron chi connectivity index (χ4n) is 2.67. The number of aromatic nitrogens is 2. The summed E-state index contributed by atoms with van der Waals surface area (Å²) >= 11 is 0. The van der Waals surface area contributed by atoms with Crippen LogP contribution in [0.2, 0.25) is 0 Å². The van der Waals surface area contributed by atoms with Gasteiger partial charge in [-0.25, -0.2) is 4.98 Å². The zero-order valence-electron chi connectivity index (χ0n) is 11.0. The van der Waals surface area contributed by atoms with Crippen LogP contribution in [0.25, 0.3) is 0 Å². The van der Waals surface area contributed by atoms with Gasteiger partial charge in [0.15, 0.2) is 0 Å². The normalized spacial score (nSPS) is 17.7. The molecular formula is C15H16N2O3. The van der Waals surface area contributed by atoms with Crippen molar-refractivity contribution >= 4 is 5.97 Å². The van der Waals surface area contributed by atoms with E-state index in [1.807, 2.05) is 12.1 Å². The number of phenolic OH excluding ortho intramolecular Hbond substituents is 1. The molecule has 1 aliphatic rings. The molecule has 0 radical (unpaired) electrons. The summed E-state index contributed by atoms with van der Waals surface area (Å²) in [6, 6.07) is 7.16. The zero-order chi connectivity index (χ0) is 14.1. The summed E-state index contributed by atoms with van der Waals surface area (Å²) in [6.07, 6.45) is 2.38. The third-order valence-electron chi connectivity index (χ3n) is 3.79. The van der Waals surface area contributed by atoms with Crippen molar-refractivity contribution in [3.8, 4) is 5.75 Å². The number of phenols is 1. The molecule has 2 aromatic rings. The van der Waals surface area contributed by atoms with E-state index in [4.69, 9.17) is 5.11 Å². The lowest BCUT2D eigenvalue weighted by Crippen LogP contribution is -2.22.